The van der Waals surface area contributed by atoms with Crippen molar-refractivity contribution in [3.05, 3.63) is 52.5 Å². The molecule has 2 atom stereocenters. The van der Waals surface area contributed by atoms with E-state index in [2.05, 4.69) is 16.2 Å². The number of nitrogens with one attached hydrogen (secondary N) is 3. The lowest BCUT2D eigenvalue weighted by atomic mass is 9.83. The third-order valence-electron chi connectivity index (χ3n) is 5.37. The van der Waals surface area contributed by atoms with Crippen LogP contribution in [-0.2, 0) is 13.0 Å². The first-order valence-corrected chi connectivity index (χ1v) is 9.67. The maximum Gasteiger partial charge on any atom is 0.287 e. The topological polar surface area (TPSA) is 75.5 Å². The molecule has 1 aromatic heterocycles. The van der Waals surface area contributed by atoms with E-state index in [1.165, 1.54) is 0 Å². The maximum absolute atomic E-state index is 12.7. The van der Waals surface area contributed by atoms with Crippen LogP contribution in [-0.4, -0.2) is 18.6 Å². The normalized spacial score (nSPS) is 21.0. The van der Waals surface area contributed by atoms with Gasteiger partial charge >= 0.3 is 0 Å². The molecule has 0 saturated carbocycles. The van der Waals surface area contributed by atoms with Crippen molar-refractivity contribution in [2.24, 2.45) is 5.92 Å². The number of benzene rings is 1. The lowest BCUT2D eigenvalue weighted by molar-refractivity contribution is 0.0920. The first-order chi connectivity index (χ1) is 13.0. The molecule has 1 saturated heterocycles. The third kappa shape index (κ3) is 3.59. The highest BCUT2D eigenvalue weighted by Gasteiger charge is 2.38. The predicted octanol–water partition coefficient (Wildman–Crippen LogP) is 3.02. The van der Waals surface area contributed by atoms with Gasteiger partial charge in [0.2, 0.25) is 0 Å². The number of hydrazine groups is 1. The minimum absolute atomic E-state index is 0.146. The average molecular weight is 369 g/mol. The number of fused-ring (bicyclic) bond motifs is 3. The second kappa shape index (κ2) is 7.37. The first-order valence-electron chi connectivity index (χ1n) is 9.67. The Balaban J connectivity index is 1.43. The Kier molecular flexibility index (Phi) is 4.93. The van der Waals surface area contributed by atoms with Gasteiger partial charge in [-0.15, -0.1) is 0 Å². The first kappa shape index (κ1) is 18.1. The van der Waals surface area contributed by atoms with E-state index in [1.807, 2.05) is 45.0 Å². The number of hydrogen-bond donors (Lipinski definition) is 3. The van der Waals surface area contributed by atoms with E-state index >= 15 is 0 Å². The van der Waals surface area contributed by atoms with E-state index in [0.29, 0.717) is 18.2 Å². The zero-order valence-corrected chi connectivity index (χ0v) is 16.1. The molecule has 3 N–H and O–H groups in total. The van der Waals surface area contributed by atoms with E-state index in [4.69, 9.17) is 9.15 Å². The second-order valence-corrected chi connectivity index (χ2v) is 7.69. The fraction of sp³-hybridized carbons (Fsp3) is 0.476. The van der Waals surface area contributed by atoms with Crippen LogP contribution in [0.2, 0.25) is 0 Å². The van der Waals surface area contributed by atoms with Gasteiger partial charge in [-0.25, -0.2) is 5.43 Å². The molecule has 2 unspecified atom stereocenters. The molecule has 0 spiro atoms. The van der Waals surface area contributed by atoms with Gasteiger partial charge in [0.1, 0.15) is 11.5 Å². The van der Waals surface area contributed by atoms with Gasteiger partial charge in [-0.05, 0) is 50.8 Å². The number of carbonyl (C=O) groups excluding carboxylic acids is 1. The number of hydrogen-bond acceptors (Lipinski definition) is 5. The Morgan fingerprint density at radius 1 is 1.33 bits per heavy atom. The number of amides is 1. The summed E-state index contributed by atoms with van der Waals surface area (Å²) in [6, 6.07) is 8.04. The molecule has 1 fully saturated rings. The fourth-order valence-electron chi connectivity index (χ4n) is 4.04. The van der Waals surface area contributed by atoms with Gasteiger partial charge in [-0.3, -0.25) is 10.2 Å². The maximum atomic E-state index is 12.7. The number of ether oxygens (including phenoxy) is 1. The molecule has 2 aromatic rings. The van der Waals surface area contributed by atoms with E-state index in [9.17, 15) is 4.79 Å². The summed E-state index contributed by atoms with van der Waals surface area (Å²) in [5.41, 5.74) is 9.70. The zero-order chi connectivity index (χ0) is 19.0. The van der Waals surface area contributed by atoms with E-state index in [1.54, 1.807) is 0 Å². The zero-order valence-electron chi connectivity index (χ0n) is 16.1. The van der Waals surface area contributed by atoms with E-state index < -0.39 is 0 Å². The molecular weight excluding hydrogens is 342 g/mol. The van der Waals surface area contributed by atoms with Crippen molar-refractivity contribution in [1.29, 1.82) is 0 Å². The van der Waals surface area contributed by atoms with Crippen LogP contribution in [0.3, 0.4) is 0 Å². The van der Waals surface area contributed by atoms with Crippen molar-refractivity contribution >= 4 is 5.91 Å². The van der Waals surface area contributed by atoms with Crippen molar-refractivity contribution in [1.82, 2.24) is 16.2 Å². The highest BCUT2D eigenvalue weighted by atomic mass is 16.5. The van der Waals surface area contributed by atoms with Gasteiger partial charge < -0.3 is 14.5 Å². The highest BCUT2D eigenvalue weighted by Crippen LogP contribution is 2.40. The number of rotatable bonds is 5. The molecule has 1 aliphatic carbocycles. The molecule has 6 heteroatoms. The molecule has 4 rings (SSSR count). The fourth-order valence-corrected chi connectivity index (χ4v) is 4.04. The molecule has 6 nitrogen and oxygen atoms in total. The molecule has 144 valence electrons. The largest absolute Gasteiger partial charge is 0.491 e. The molecule has 27 heavy (non-hydrogen) atoms. The van der Waals surface area contributed by atoms with Crippen LogP contribution in [0.25, 0.3) is 0 Å². The lowest BCUT2D eigenvalue weighted by Gasteiger charge is -2.23. The van der Waals surface area contributed by atoms with Gasteiger partial charge in [0.15, 0.2) is 5.76 Å². The van der Waals surface area contributed by atoms with Crippen molar-refractivity contribution in [3.63, 3.8) is 0 Å². The Morgan fingerprint density at radius 2 is 2.11 bits per heavy atom. The summed E-state index contributed by atoms with van der Waals surface area (Å²) >= 11 is 0. The quantitative estimate of drug-likeness (QED) is 0.755. The molecule has 2 heterocycles. The summed E-state index contributed by atoms with van der Waals surface area (Å²) < 4.78 is 11.6. The molecular formula is C21H27N3O3. The minimum atomic E-state index is -0.160. The van der Waals surface area contributed by atoms with Crippen LogP contribution < -0.4 is 20.9 Å². The average Bonchev–Trinajstić information content (AvgIpc) is 3.24. The van der Waals surface area contributed by atoms with Gasteiger partial charge in [-0.2, -0.15) is 0 Å². The Labute approximate surface area is 159 Å². The summed E-state index contributed by atoms with van der Waals surface area (Å²) in [5, 5.41) is 2.98. The third-order valence-corrected chi connectivity index (χ3v) is 5.37. The number of furan rings is 1. The number of aryl methyl sites for hydroxylation is 1. The lowest BCUT2D eigenvalue weighted by Crippen LogP contribution is -2.27. The molecule has 0 radical (unpaired) electrons. The van der Waals surface area contributed by atoms with Crippen molar-refractivity contribution in [3.8, 4) is 5.75 Å². The molecule has 1 aromatic carbocycles. The van der Waals surface area contributed by atoms with E-state index in [-0.39, 0.29) is 18.1 Å². The molecule has 1 aliphatic heterocycles. The van der Waals surface area contributed by atoms with Crippen LogP contribution in [0.1, 0.15) is 59.3 Å². The molecule has 2 aliphatic rings. The molecule has 0 bridgehead atoms. The smallest absolute Gasteiger partial charge is 0.287 e. The monoisotopic (exact) mass is 369 g/mol. The Hall–Kier alpha value is -2.31. The second-order valence-electron chi connectivity index (χ2n) is 7.69. The van der Waals surface area contributed by atoms with Crippen LogP contribution >= 0.6 is 0 Å². The highest BCUT2D eigenvalue weighted by molar-refractivity contribution is 5.93. The van der Waals surface area contributed by atoms with Crippen LogP contribution in [0.4, 0.5) is 0 Å². The SMILES string of the molecule is Cc1c(C(=O)NCc2ccc(OC(C)C)cc2)oc2c1C1NNCC1CC2. The van der Waals surface area contributed by atoms with Crippen molar-refractivity contribution in [2.45, 2.75) is 52.3 Å². The van der Waals surface area contributed by atoms with E-state index in [0.717, 1.165) is 47.6 Å². The van der Waals surface area contributed by atoms with Crippen LogP contribution in [0.5, 0.6) is 5.75 Å². The van der Waals surface area contributed by atoms with Gasteiger partial charge in [0.25, 0.3) is 5.91 Å². The van der Waals surface area contributed by atoms with Gasteiger partial charge in [-0.1, -0.05) is 12.1 Å². The van der Waals surface area contributed by atoms with Crippen molar-refractivity contribution in [2.75, 3.05) is 6.54 Å². The standard InChI is InChI=1S/C21H27N3O3/c1-12(2)26-16-7-4-14(5-8-16)10-22-21(25)20-13(3)18-17(27-20)9-6-15-11-23-24-19(15)18/h4-5,7-8,12,15,19,23-24H,6,9-11H2,1-3H3,(H,22,25). The van der Waals surface area contributed by atoms with Crippen LogP contribution in [0, 0.1) is 12.8 Å². The van der Waals surface area contributed by atoms with Crippen molar-refractivity contribution < 1.29 is 13.9 Å². The summed E-state index contributed by atoms with van der Waals surface area (Å²) in [7, 11) is 0. The summed E-state index contributed by atoms with van der Waals surface area (Å²) in [5.74, 6) is 2.63. The minimum Gasteiger partial charge on any atom is -0.491 e. The van der Waals surface area contributed by atoms with Gasteiger partial charge in [0.05, 0.1) is 12.1 Å². The predicted molar refractivity (Wildman–Crippen MR) is 103 cm³/mol. The summed E-state index contributed by atoms with van der Waals surface area (Å²) in [4.78, 5) is 12.7. The number of carbonyl (C=O) groups is 1. The van der Waals surface area contributed by atoms with Gasteiger partial charge in [0, 0.05) is 30.6 Å². The summed E-state index contributed by atoms with van der Waals surface area (Å²) in [6.07, 6.45) is 2.12. The molecule has 1 amide bonds. The van der Waals surface area contributed by atoms with Crippen LogP contribution in [0.15, 0.2) is 28.7 Å². The Morgan fingerprint density at radius 3 is 2.85 bits per heavy atom. The summed E-state index contributed by atoms with van der Waals surface area (Å²) in [6.45, 7) is 7.40. The Bertz CT molecular complexity index is 826.